The summed E-state index contributed by atoms with van der Waals surface area (Å²) in [5.41, 5.74) is 10.6. The minimum atomic E-state index is -0.406. The highest BCUT2D eigenvalue weighted by Gasteiger charge is 2.29. The molecule has 4 N–H and O–H groups in total. The molecule has 0 aliphatic carbocycles. The number of primary amides is 2. The zero-order valence-corrected chi connectivity index (χ0v) is 9.66. The summed E-state index contributed by atoms with van der Waals surface area (Å²) in [7, 11) is 0. The molecule has 1 unspecified atom stereocenters. The Bertz CT molecular complexity index is 217. The molecule has 0 heterocycles. The third-order valence-electron chi connectivity index (χ3n) is 2.68. The number of carbonyl (C=O) groups is 2. The van der Waals surface area contributed by atoms with Gasteiger partial charge in [-0.2, -0.15) is 0 Å². The average molecular weight is 214 g/mol. The van der Waals surface area contributed by atoms with E-state index in [0.29, 0.717) is 12.8 Å². The number of carbonyl (C=O) groups excluding carboxylic acids is 2. The van der Waals surface area contributed by atoms with E-state index in [1.807, 2.05) is 13.8 Å². The summed E-state index contributed by atoms with van der Waals surface area (Å²) in [6.07, 6.45) is 4.04. The summed E-state index contributed by atoms with van der Waals surface area (Å²) >= 11 is 0. The first-order valence-electron chi connectivity index (χ1n) is 5.63. The number of amides is 2. The third kappa shape index (κ3) is 4.81. The van der Waals surface area contributed by atoms with Crippen molar-refractivity contribution >= 4 is 11.8 Å². The second-order valence-electron chi connectivity index (χ2n) is 3.95. The normalized spacial score (nSPS) is 14.5. The Morgan fingerprint density at radius 1 is 0.933 bits per heavy atom. The molecule has 2 amide bonds. The lowest BCUT2D eigenvalue weighted by Gasteiger charge is -2.21. The van der Waals surface area contributed by atoms with Gasteiger partial charge in [0, 0.05) is 11.8 Å². The van der Waals surface area contributed by atoms with Crippen LogP contribution in [0.2, 0.25) is 0 Å². The molecule has 0 aliphatic rings. The summed E-state index contributed by atoms with van der Waals surface area (Å²) in [6, 6.07) is 0. The molecule has 4 heteroatoms. The molecule has 0 aromatic rings. The van der Waals surface area contributed by atoms with Gasteiger partial charge in [-0.3, -0.25) is 9.59 Å². The second kappa shape index (κ2) is 7.26. The van der Waals surface area contributed by atoms with Crippen molar-refractivity contribution in [3.63, 3.8) is 0 Å². The maximum atomic E-state index is 11.2. The highest BCUT2D eigenvalue weighted by molar-refractivity contribution is 5.85. The van der Waals surface area contributed by atoms with Crippen molar-refractivity contribution in [2.45, 2.75) is 46.0 Å². The minimum absolute atomic E-state index is 0.387. The van der Waals surface area contributed by atoms with Crippen LogP contribution in [0.1, 0.15) is 46.0 Å². The van der Waals surface area contributed by atoms with Crippen LogP contribution in [0.3, 0.4) is 0 Å². The van der Waals surface area contributed by atoms with Crippen LogP contribution in [-0.2, 0) is 9.59 Å². The molecular formula is C11H22N2O2. The highest BCUT2D eigenvalue weighted by atomic mass is 16.2. The monoisotopic (exact) mass is 214 g/mol. The molecule has 2 atom stereocenters. The van der Waals surface area contributed by atoms with Crippen LogP contribution >= 0.6 is 0 Å². The van der Waals surface area contributed by atoms with Gasteiger partial charge in [-0.1, -0.05) is 33.1 Å². The Hall–Kier alpha value is -1.06. The summed E-state index contributed by atoms with van der Waals surface area (Å²) in [5, 5.41) is 0. The van der Waals surface area contributed by atoms with Crippen LogP contribution in [-0.4, -0.2) is 11.8 Å². The van der Waals surface area contributed by atoms with Gasteiger partial charge in [-0.25, -0.2) is 0 Å². The van der Waals surface area contributed by atoms with Crippen molar-refractivity contribution in [3.05, 3.63) is 0 Å². The number of hydrogen-bond acceptors (Lipinski definition) is 2. The molecule has 0 saturated heterocycles. The molecule has 0 aliphatic heterocycles. The Labute approximate surface area is 91.4 Å². The van der Waals surface area contributed by atoms with Gasteiger partial charge in [-0.15, -0.1) is 0 Å². The maximum Gasteiger partial charge on any atom is 0.221 e. The molecular weight excluding hydrogens is 192 g/mol. The summed E-state index contributed by atoms with van der Waals surface area (Å²) < 4.78 is 0. The van der Waals surface area contributed by atoms with E-state index < -0.39 is 11.8 Å². The van der Waals surface area contributed by atoms with Crippen LogP contribution in [0.5, 0.6) is 0 Å². The van der Waals surface area contributed by atoms with Crippen molar-refractivity contribution in [3.8, 4) is 0 Å². The van der Waals surface area contributed by atoms with Gasteiger partial charge in [-0.05, 0) is 12.8 Å². The standard InChI is InChI=1S/C11H22N2O2/c1-3-5-7-9(11(13)15)8(6-4-2)10(12)14/h8-9H,3-7H2,1-2H3,(H2,12,14)(H2,13,15)/t8-,9?/m0/s1. The van der Waals surface area contributed by atoms with E-state index in [2.05, 4.69) is 0 Å². The van der Waals surface area contributed by atoms with E-state index in [9.17, 15) is 9.59 Å². The smallest absolute Gasteiger partial charge is 0.221 e. The Morgan fingerprint density at radius 3 is 1.73 bits per heavy atom. The number of unbranched alkanes of at least 4 members (excludes halogenated alkanes) is 1. The maximum absolute atomic E-state index is 11.2. The van der Waals surface area contributed by atoms with E-state index in [0.717, 1.165) is 19.3 Å². The van der Waals surface area contributed by atoms with Crippen LogP contribution in [0.15, 0.2) is 0 Å². The predicted octanol–water partition coefficient (Wildman–Crippen LogP) is 1.18. The minimum Gasteiger partial charge on any atom is -0.369 e. The zero-order chi connectivity index (χ0) is 11.8. The molecule has 0 saturated carbocycles. The van der Waals surface area contributed by atoms with Gasteiger partial charge in [0.2, 0.25) is 11.8 Å². The van der Waals surface area contributed by atoms with Crippen molar-refractivity contribution in [1.29, 1.82) is 0 Å². The first-order chi connectivity index (χ1) is 7.04. The first-order valence-corrected chi connectivity index (χ1v) is 5.63. The van der Waals surface area contributed by atoms with Gasteiger partial charge in [0.15, 0.2) is 0 Å². The molecule has 0 aromatic heterocycles. The van der Waals surface area contributed by atoms with Crippen molar-refractivity contribution < 1.29 is 9.59 Å². The largest absolute Gasteiger partial charge is 0.369 e. The second-order valence-corrected chi connectivity index (χ2v) is 3.95. The van der Waals surface area contributed by atoms with Crippen LogP contribution < -0.4 is 11.5 Å². The lowest BCUT2D eigenvalue weighted by molar-refractivity contribution is -0.132. The fourth-order valence-corrected chi connectivity index (χ4v) is 1.82. The molecule has 0 radical (unpaired) electrons. The van der Waals surface area contributed by atoms with Gasteiger partial charge in [0.1, 0.15) is 0 Å². The SMILES string of the molecule is CCCCC(C(N)=O)[C@H](CCC)C(N)=O. The molecule has 0 fully saturated rings. The van der Waals surface area contributed by atoms with Gasteiger partial charge in [0.05, 0.1) is 0 Å². The zero-order valence-electron chi connectivity index (χ0n) is 9.66. The highest BCUT2D eigenvalue weighted by Crippen LogP contribution is 2.22. The molecule has 0 spiro atoms. The van der Waals surface area contributed by atoms with E-state index in [1.165, 1.54) is 0 Å². The van der Waals surface area contributed by atoms with E-state index in [1.54, 1.807) is 0 Å². The van der Waals surface area contributed by atoms with Crippen molar-refractivity contribution in [2.75, 3.05) is 0 Å². The summed E-state index contributed by atoms with van der Waals surface area (Å²) in [4.78, 5) is 22.5. The number of nitrogens with two attached hydrogens (primary N) is 2. The quantitative estimate of drug-likeness (QED) is 0.635. The Morgan fingerprint density at radius 2 is 1.40 bits per heavy atom. The van der Waals surface area contributed by atoms with Crippen LogP contribution in [0, 0.1) is 11.8 Å². The fraction of sp³-hybridized carbons (Fsp3) is 0.818. The van der Waals surface area contributed by atoms with Gasteiger partial charge in [0.25, 0.3) is 0 Å². The van der Waals surface area contributed by atoms with Crippen molar-refractivity contribution in [2.24, 2.45) is 23.3 Å². The first kappa shape index (κ1) is 13.9. The summed E-state index contributed by atoms with van der Waals surface area (Å²) in [6.45, 7) is 4.00. The molecule has 0 aromatic carbocycles. The average Bonchev–Trinajstić information content (AvgIpc) is 2.16. The Kier molecular flexibility index (Phi) is 6.75. The van der Waals surface area contributed by atoms with E-state index >= 15 is 0 Å². The fourth-order valence-electron chi connectivity index (χ4n) is 1.82. The Balaban J connectivity index is 4.52. The van der Waals surface area contributed by atoms with Gasteiger partial charge < -0.3 is 11.5 Å². The molecule has 4 nitrogen and oxygen atoms in total. The number of rotatable bonds is 8. The predicted molar refractivity (Wildman–Crippen MR) is 59.8 cm³/mol. The topological polar surface area (TPSA) is 86.2 Å². The van der Waals surface area contributed by atoms with E-state index in [-0.39, 0.29) is 11.8 Å². The van der Waals surface area contributed by atoms with E-state index in [4.69, 9.17) is 11.5 Å². The molecule has 88 valence electrons. The van der Waals surface area contributed by atoms with Gasteiger partial charge >= 0.3 is 0 Å². The van der Waals surface area contributed by atoms with Crippen molar-refractivity contribution in [1.82, 2.24) is 0 Å². The molecule has 0 rings (SSSR count). The van der Waals surface area contributed by atoms with Crippen LogP contribution in [0.25, 0.3) is 0 Å². The molecule has 0 bridgehead atoms. The lowest BCUT2D eigenvalue weighted by atomic mass is 9.84. The molecule has 15 heavy (non-hydrogen) atoms. The number of hydrogen-bond donors (Lipinski definition) is 2. The van der Waals surface area contributed by atoms with Crippen LogP contribution in [0.4, 0.5) is 0 Å². The summed E-state index contributed by atoms with van der Waals surface area (Å²) in [5.74, 6) is -1.58. The lowest BCUT2D eigenvalue weighted by Crippen LogP contribution is -2.37. The third-order valence-corrected chi connectivity index (χ3v) is 2.68.